The van der Waals surface area contributed by atoms with Gasteiger partial charge in [-0.05, 0) is 56.7 Å². The maximum atomic E-state index is 13.4. The van der Waals surface area contributed by atoms with Crippen LogP contribution in [0, 0.1) is 5.41 Å². The summed E-state index contributed by atoms with van der Waals surface area (Å²) in [6, 6.07) is 3.20. The van der Waals surface area contributed by atoms with Crippen LogP contribution in [0.15, 0.2) is 30.3 Å². The van der Waals surface area contributed by atoms with Gasteiger partial charge < -0.3 is 48.7 Å². The van der Waals surface area contributed by atoms with Crippen LogP contribution in [0.4, 0.5) is 0 Å². The molecular weight excluding hydrogens is 546 g/mol. The lowest BCUT2D eigenvalue weighted by Gasteiger charge is -2.29. The lowest BCUT2D eigenvalue weighted by molar-refractivity contribution is -0.145. The van der Waals surface area contributed by atoms with E-state index in [2.05, 4.69) is 21.3 Å². The molecule has 0 heterocycles. The van der Waals surface area contributed by atoms with Gasteiger partial charge in [-0.15, -0.1) is 0 Å². The predicted octanol–water partition coefficient (Wildman–Crippen LogP) is -1.91. The number of rotatable bonds is 17. The van der Waals surface area contributed by atoms with Crippen molar-refractivity contribution in [3.05, 3.63) is 35.9 Å². The first kappa shape index (κ1) is 36.4. The summed E-state index contributed by atoms with van der Waals surface area (Å²) in [5.41, 5.74) is 17.9. The monoisotopic (exact) mass is 593 g/mol. The second kappa shape index (κ2) is 17.4. The number of amides is 4. The Hall–Kier alpha value is -3.59. The average Bonchev–Trinajstić information content (AvgIpc) is 2.89. The number of hydrogen-bond acceptors (Lipinski definition) is 9. The zero-order chi connectivity index (χ0) is 32.0. The summed E-state index contributed by atoms with van der Waals surface area (Å²) >= 11 is 0. The number of aliphatic hydroxyl groups excluding tert-OH is 1. The molecule has 0 unspecified atom stereocenters. The Morgan fingerprint density at radius 3 is 1.67 bits per heavy atom. The quantitative estimate of drug-likeness (QED) is 0.0969. The summed E-state index contributed by atoms with van der Waals surface area (Å²) < 4.78 is 0. The Morgan fingerprint density at radius 2 is 1.24 bits per heavy atom. The van der Waals surface area contributed by atoms with E-state index in [-0.39, 0.29) is 44.2 Å². The fourth-order valence-corrected chi connectivity index (χ4v) is 4.12. The number of carboxylic acids is 1. The largest absolute Gasteiger partial charge is 0.480 e. The van der Waals surface area contributed by atoms with Crippen molar-refractivity contribution in [2.24, 2.45) is 22.6 Å². The van der Waals surface area contributed by atoms with Crippen LogP contribution in [-0.4, -0.2) is 89.2 Å². The van der Waals surface area contributed by atoms with Gasteiger partial charge in [0.25, 0.3) is 0 Å². The van der Waals surface area contributed by atoms with E-state index in [0.717, 1.165) is 5.56 Å². The highest BCUT2D eigenvalue weighted by molar-refractivity contribution is 5.95. The number of aliphatic hydroxyl groups is 1. The smallest absolute Gasteiger partial charge is 0.328 e. The van der Waals surface area contributed by atoms with Gasteiger partial charge in [-0.2, -0.15) is 0 Å². The number of carbonyl (C=O) groups excluding carboxylic acids is 4. The third kappa shape index (κ3) is 12.9. The molecule has 0 fully saturated rings. The highest BCUT2D eigenvalue weighted by atomic mass is 16.4. The van der Waals surface area contributed by atoms with Gasteiger partial charge in [-0.3, -0.25) is 19.2 Å². The SMILES string of the molecule is C[C@@H](O)[C@H](NC(=O)[C@H](CCN)NC(=O)[C@H](CCN)NC(=O)[C@H](CC(C)(C)C)NC(=O)[C@H](N)Cc1ccccc1)C(=O)O. The summed E-state index contributed by atoms with van der Waals surface area (Å²) in [7, 11) is 0. The van der Waals surface area contributed by atoms with Crippen molar-refractivity contribution in [1.82, 2.24) is 21.3 Å². The molecule has 0 bridgehead atoms. The Kier molecular flexibility index (Phi) is 15.1. The zero-order valence-electron chi connectivity index (χ0n) is 24.8. The van der Waals surface area contributed by atoms with Crippen molar-refractivity contribution in [2.45, 2.75) is 89.7 Å². The van der Waals surface area contributed by atoms with Crippen LogP contribution in [-0.2, 0) is 30.4 Å². The number of hydrogen-bond donors (Lipinski definition) is 9. The van der Waals surface area contributed by atoms with Crippen LogP contribution in [0.2, 0.25) is 0 Å². The summed E-state index contributed by atoms with van der Waals surface area (Å²) in [6.07, 6.45) is -0.954. The minimum absolute atomic E-state index is 0.00364. The number of benzene rings is 1. The fraction of sp³-hybridized carbons (Fsp3) is 0.607. The van der Waals surface area contributed by atoms with Crippen molar-refractivity contribution < 1.29 is 34.2 Å². The predicted molar refractivity (Wildman–Crippen MR) is 157 cm³/mol. The van der Waals surface area contributed by atoms with Gasteiger partial charge >= 0.3 is 5.97 Å². The van der Waals surface area contributed by atoms with Gasteiger partial charge in [-0.25, -0.2) is 4.79 Å². The molecule has 236 valence electrons. The van der Waals surface area contributed by atoms with E-state index in [1.165, 1.54) is 6.92 Å². The van der Waals surface area contributed by atoms with E-state index in [1.807, 2.05) is 51.1 Å². The zero-order valence-corrected chi connectivity index (χ0v) is 24.8. The van der Waals surface area contributed by atoms with Crippen molar-refractivity contribution in [2.75, 3.05) is 13.1 Å². The van der Waals surface area contributed by atoms with Crippen molar-refractivity contribution in [1.29, 1.82) is 0 Å². The number of carbonyl (C=O) groups is 5. The summed E-state index contributed by atoms with van der Waals surface area (Å²) in [6.45, 7) is 6.85. The van der Waals surface area contributed by atoms with Gasteiger partial charge in [0.1, 0.15) is 18.1 Å². The highest BCUT2D eigenvalue weighted by Crippen LogP contribution is 2.21. The Balaban J connectivity index is 3.04. The molecule has 1 rings (SSSR count). The third-order valence-electron chi connectivity index (χ3n) is 6.31. The average molecular weight is 594 g/mol. The summed E-state index contributed by atoms with van der Waals surface area (Å²) in [5, 5.41) is 28.9. The first-order valence-corrected chi connectivity index (χ1v) is 13.9. The normalized spacial score (nSPS) is 15.7. The molecule has 0 radical (unpaired) electrons. The third-order valence-corrected chi connectivity index (χ3v) is 6.31. The standard InChI is InChI=1S/C28H47N7O7/c1-16(36)22(27(41)42)35-25(39)20(11-13-30)32-24(38)19(10-12-29)33-26(40)21(15-28(2,3)4)34-23(37)18(31)14-17-8-6-5-7-9-17/h5-9,16,18-22,36H,10-15,29-31H2,1-4H3,(H,32,38)(H,33,40)(H,34,37)(H,35,39)(H,41,42)/t16-,18-,19+,20+,21+,22+/m1/s1. The number of nitrogens with one attached hydrogen (secondary N) is 4. The van der Waals surface area contributed by atoms with E-state index >= 15 is 0 Å². The maximum absolute atomic E-state index is 13.4. The van der Waals surface area contributed by atoms with Gasteiger partial charge in [0, 0.05) is 0 Å². The molecule has 1 aromatic carbocycles. The highest BCUT2D eigenvalue weighted by Gasteiger charge is 2.33. The van der Waals surface area contributed by atoms with Crippen molar-refractivity contribution in [3.8, 4) is 0 Å². The van der Waals surface area contributed by atoms with Crippen LogP contribution in [0.1, 0.15) is 52.5 Å². The first-order chi connectivity index (χ1) is 19.6. The first-order valence-electron chi connectivity index (χ1n) is 13.9. The van der Waals surface area contributed by atoms with Crippen LogP contribution in [0.3, 0.4) is 0 Å². The van der Waals surface area contributed by atoms with E-state index in [1.54, 1.807) is 0 Å². The van der Waals surface area contributed by atoms with E-state index < -0.39 is 65.9 Å². The molecule has 14 nitrogen and oxygen atoms in total. The Labute approximate surface area is 246 Å². The maximum Gasteiger partial charge on any atom is 0.328 e. The molecule has 0 spiro atoms. The molecule has 42 heavy (non-hydrogen) atoms. The van der Waals surface area contributed by atoms with E-state index in [0.29, 0.717) is 0 Å². The number of carboxylic acid groups (broad SMARTS) is 1. The minimum atomic E-state index is -1.61. The Bertz CT molecular complexity index is 1050. The fourth-order valence-electron chi connectivity index (χ4n) is 4.12. The van der Waals surface area contributed by atoms with Gasteiger partial charge in [0.15, 0.2) is 6.04 Å². The molecule has 0 saturated heterocycles. The summed E-state index contributed by atoms with van der Waals surface area (Å²) in [5.74, 6) is -4.26. The van der Waals surface area contributed by atoms with Crippen molar-refractivity contribution >= 4 is 29.6 Å². The number of aliphatic carboxylic acids is 1. The summed E-state index contributed by atoms with van der Waals surface area (Å²) in [4.78, 5) is 63.6. The van der Waals surface area contributed by atoms with Gasteiger partial charge in [-0.1, -0.05) is 51.1 Å². The van der Waals surface area contributed by atoms with Gasteiger partial charge in [0.2, 0.25) is 23.6 Å². The molecular formula is C28H47N7O7. The second-order valence-corrected chi connectivity index (χ2v) is 11.5. The van der Waals surface area contributed by atoms with Crippen LogP contribution < -0.4 is 38.5 Å². The van der Waals surface area contributed by atoms with Crippen LogP contribution >= 0.6 is 0 Å². The van der Waals surface area contributed by atoms with Crippen LogP contribution in [0.25, 0.3) is 0 Å². The van der Waals surface area contributed by atoms with Crippen molar-refractivity contribution in [3.63, 3.8) is 0 Å². The molecule has 12 N–H and O–H groups in total. The number of nitrogens with two attached hydrogens (primary N) is 3. The van der Waals surface area contributed by atoms with E-state index in [9.17, 15) is 34.2 Å². The molecule has 14 heteroatoms. The molecule has 0 aliphatic heterocycles. The van der Waals surface area contributed by atoms with Gasteiger partial charge in [0.05, 0.1) is 12.1 Å². The van der Waals surface area contributed by atoms with E-state index in [4.69, 9.17) is 17.2 Å². The topological polar surface area (TPSA) is 252 Å². The lowest BCUT2D eigenvalue weighted by Crippen LogP contribution is -2.60. The molecule has 0 saturated carbocycles. The molecule has 0 aliphatic rings. The lowest BCUT2D eigenvalue weighted by atomic mass is 9.87. The molecule has 6 atom stereocenters. The van der Waals surface area contributed by atoms with Crippen LogP contribution in [0.5, 0.6) is 0 Å². The molecule has 0 aromatic heterocycles. The molecule has 1 aromatic rings. The Morgan fingerprint density at radius 1 is 0.786 bits per heavy atom. The molecule has 0 aliphatic carbocycles. The molecule has 4 amide bonds. The second-order valence-electron chi connectivity index (χ2n) is 11.5. The minimum Gasteiger partial charge on any atom is -0.480 e.